The number of hydrogen-bond acceptors (Lipinski definition) is 8. The Balaban J connectivity index is 4.98. The van der Waals surface area contributed by atoms with E-state index in [1.807, 2.05) is 0 Å². The molecule has 0 spiro atoms. The second-order valence-corrected chi connectivity index (χ2v) is 5.33. The molecular weight excluding hydrogens is 340 g/mol. The zero-order chi connectivity index (χ0) is 19.7. The van der Waals surface area contributed by atoms with Gasteiger partial charge in [0.2, 0.25) is 17.7 Å². The number of amides is 3. The number of nitrogens with two attached hydrogens (primary N) is 1. The lowest BCUT2D eigenvalue weighted by atomic mass is 10.1. The van der Waals surface area contributed by atoms with E-state index in [1.54, 1.807) is 0 Å². The van der Waals surface area contributed by atoms with Crippen LogP contribution in [-0.2, 0) is 19.2 Å². The molecule has 0 aliphatic heterocycles. The van der Waals surface area contributed by atoms with Crippen molar-refractivity contribution in [3.05, 3.63) is 0 Å². The van der Waals surface area contributed by atoms with Crippen LogP contribution in [0.2, 0.25) is 0 Å². The summed E-state index contributed by atoms with van der Waals surface area (Å²) in [6.45, 7) is 0.844. The number of rotatable bonds is 10. The van der Waals surface area contributed by atoms with Gasteiger partial charge in [-0.05, 0) is 13.8 Å². The fourth-order valence-corrected chi connectivity index (χ4v) is 1.58. The average Bonchev–Trinajstić information content (AvgIpc) is 2.55. The minimum atomic E-state index is -1.51. The highest BCUT2D eigenvalue weighted by Crippen LogP contribution is 1.97. The maximum atomic E-state index is 12.1. The van der Waals surface area contributed by atoms with Gasteiger partial charge in [0.05, 0.1) is 19.3 Å². The first-order chi connectivity index (χ1) is 11.5. The fourth-order valence-electron chi connectivity index (χ4n) is 1.58. The molecule has 0 saturated heterocycles. The van der Waals surface area contributed by atoms with Crippen LogP contribution in [0.15, 0.2) is 0 Å². The van der Waals surface area contributed by atoms with Crippen LogP contribution in [0, 0.1) is 0 Å². The lowest BCUT2D eigenvalue weighted by Crippen LogP contribution is -2.60. The van der Waals surface area contributed by atoms with Crippen molar-refractivity contribution in [2.24, 2.45) is 5.73 Å². The summed E-state index contributed by atoms with van der Waals surface area (Å²) in [6.07, 6.45) is -1.38. The number of nitrogens with one attached hydrogen (secondary N) is 3. The molecule has 0 aliphatic carbocycles. The second kappa shape index (κ2) is 10.6. The first kappa shape index (κ1) is 22.7. The van der Waals surface area contributed by atoms with Gasteiger partial charge >= 0.3 is 5.97 Å². The Morgan fingerprint density at radius 2 is 1.48 bits per heavy atom. The van der Waals surface area contributed by atoms with E-state index in [0.29, 0.717) is 0 Å². The molecule has 0 bridgehead atoms. The number of carboxylic acids is 1. The molecule has 12 nitrogen and oxygen atoms in total. The third kappa shape index (κ3) is 7.43. The van der Waals surface area contributed by atoms with Crippen LogP contribution >= 0.6 is 0 Å². The molecule has 0 rings (SSSR count). The number of hydrogen-bond donors (Lipinski definition) is 8. The van der Waals surface area contributed by atoms with E-state index in [2.05, 4.69) is 16.0 Å². The molecular formula is C13H24N4O8. The number of aliphatic hydroxyl groups excluding tert-OH is 3. The summed E-state index contributed by atoms with van der Waals surface area (Å²) < 4.78 is 0. The van der Waals surface area contributed by atoms with Crippen molar-refractivity contribution in [1.82, 2.24) is 16.0 Å². The Morgan fingerprint density at radius 1 is 0.920 bits per heavy atom. The first-order valence-electron chi connectivity index (χ1n) is 7.34. The summed E-state index contributed by atoms with van der Waals surface area (Å²) in [7, 11) is 0. The van der Waals surface area contributed by atoms with Gasteiger partial charge in [0.25, 0.3) is 0 Å². The van der Waals surface area contributed by atoms with Crippen molar-refractivity contribution in [2.75, 3.05) is 13.2 Å². The van der Waals surface area contributed by atoms with E-state index in [1.165, 1.54) is 13.8 Å². The van der Waals surface area contributed by atoms with Gasteiger partial charge in [-0.25, -0.2) is 0 Å². The van der Waals surface area contributed by atoms with Crippen LogP contribution in [-0.4, -0.2) is 87.6 Å². The minimum absolute atomic E-state index is 0.686. The van der Waals surface area contributed by atoms with E-state index >= 15 is 0 Å². The van der Waals surface area contributed by atoms with E-state index in [0.717, 1.165) is 0 Å². The van der Waals surface area contributed by atoms with Gasteiger partial charge < -0.3 is 42.1 Å². The van der Waals surface area contributed by atoms with Crippen molar-refractivity contribution < 1.29 is 39.6 Å². The third-order valence-electron chi connectivity index (χ3n) is 3.14. The van der Waals surface area contributed by atoms with Gasteiger partial charge in [-0.15, -0.1) is 0 Å². The van der Waals surface area contributed by atoms with Crippen LogP contribution in [0.5, 0.6) is 0 Å². The predicted molar refractivity (Wildman–Crippen MR) is 82.9 cm³/mol. The molecule has 25 heavy (non-hydrogen) atoms. The lowest BCUT2D eigenvalue weighted by molar-refractivity contribution is -0.142. The van der Waals surface area contributed by atoms with Crippen molar-refractivity contribution in [3.63, 3.8) is 0 Å². The molecule has 0 heterocycles. The lowest BCUT2D eigenvalue weighted by Gasteiger charge is -2.25. The quantitative estimate of drug-likeness (QED) is 0.187. The molecule has 0 aromatic carbocycles. The number of aliphatic carboxylic acids is 1. The van der Waals surface area contributed by atoms with Gasteiger partial charge in [-0.1, -0.05) is 0 Å². The van der Waals surface area contributed by atoms with Gasteiger partial charge in [0.1, 0.15) is 24.2 Å². The molecule has 0 aromatic heterocycles. The highest BCUT2D eigenvalue weighted by Gasteiger charge is 2.31. The summed E-state index contributed by atoms with van der Waals surface area (Å²) in [6, 6.07) is -5.58. The van der Waals surface area contributed by atoms with Gasteiger partial charge in [-0.3, -0.25) is 19.2 Å². The van der Waals surface area contributed by atoms with Crippen molar-refractivity contribution in [1.29, 1.82) is 0 Å². The molecule has 5 unspecified atom stereocenters. The molecule has 0 radical (unpaired) electrons. The van der Waals surface area contributed by atoms with Crippen LogP contribution in [0.25, 0.3) is 0 Å². The van der Waals surface area contributed by atoms with Crippen molar-refractivity contribution >= 4 is 23.7 Å². The third-order valence-corrected chi connectivity index (χ3v) is 3.14. The Labute approximate surface area is 143 Å². The Kier molecular flexibility index (Phi) is 9.59. The summed E-state index contributed by atoms with van der Waals surface area (Å²) in [5.74, 6) is -4.20. The zero-order valence-corrected chi connectivity index (χ0v) is 13.8. The molecule has 0 fully saturated rings. The molecule has 3 amide bonds. The largest absolute Gasteiger partial charge is 0.480 e. The van der Waals surface area contributed by atoms with E-state index in [9.17, 15) is 29.4 Å². The molecule has 0 saturated carbocycles. The van der Waals surface area contributed by atoms with Crippen LogP contribution in [0.1, 0.15) is 13.8 Å². The highest BCUT2D eigenvalue weighted by atomic mass is 16.4. The number of carbonyl (C=O) groups excluding carboxylic acids is 3. The second-order valence-electron chi connectivity index (χ2n) is 5.33. The van der Waals surface area contributed by atoms with Crippen molar-refractivity contribution in [3.8, 4) is 0 Å². The molecule has 0 aliphatic rings. The van der Waals surface area contributed by atoms with Crippen LogP contribution < -0.4 is 21.7 Å². The summed E-state index contributed by atoms with van der Waals surface area (Å²) in [5, 5.41) is 42.6. The molecule has 5 atom stereocenters. The number of carboxylic acid groups (broad SMARTS) is 1. The van der Waals surface area contributed by atoms with Crippen LogP contribution in [0.3, 0.4) is 0 Å². The topological polar surface area (TPSA) is 211 Å². The van der Waals surface area contributed by atoms with Gasteiger partial charge in [-0.2, -0.15) is 0 Å². The SMILES string of the molecule is CC(NC(=O)C(CO)NC(=O)C(NC(=O)C(N)CO)C(C)O)C(=O)O. The van der Waals surface area contributed by atoms with E-state index in [4.69, 9.17) is 15.9 Å². The van der Waals surface area contributed by atoms with E-state index < -0.39 is 67.2 Å². The molecule has 9 N–H and O–H groups in total. The summed E-state index contributed by atoms with van der Waals surface area (Å²) >= 11 is 0. The number of carbonyl (C=O) groups is 4. The minimum Gasteiger partial charge on any atom is -0.480 e. The highest BCUT2D eigenvalue weighted by molar-refractivity contribution is 5.94. The molecule has 144 valence electrons. The fraction of sp³-hybridized carbons (Fsp3) is 0.692. The predicted octanol–water partition coefficient (Wildman–Crippen LogP) is -4.76. The monoisotopic (exact) mass is 364 g/mol. The Bertz CT molecular complexity index is 498. The maximum Gasteiger partial charge on any atom is 0.325 e. The van der Waals surface area contributed by atoms with Crippen LogP contribution in [0.4, 0.5) is 0 Å². The van der Waals surface area contributed by atoms with Gasteiger partial charge in [0.15, 0.2) is 0 Å². The van der Waals surface area contributed by atoms with E-state index in [-0.39, 0.29) is 0 Å². The molecule has 0 aromatic rings. The smallest absolute Gasteiger partial charge is 0.325 e. The average molecular weight is 364 g/mol. The molecule has 12 heteroatoms. The first-order valence-corrected chi connectivity index (χ1v) is 7.34. The summed E-state index contributed by atoms with van der Waals surface area (Å²) in [4.78, 5) is 46.3. The van der Waals surface area contributed by atoms with Crippen molar-refractivity contribution in [2.45, 2.75) is 44.1 Å². The number of aliphatic hydroxyl groups is 3. The zero-order valence-electron chi connectivity index (χ0n) is 13.8. The maximum absolute atomic E-state index is 12.1. The standard InChI is InChI=1S/C13H24N4O8/c1-5(13(24)25)15-11(22)8(4-19)16-12(23)9(6(2)20)17-10(21)7(14)3-18/h5-9,18-20H,3-4,14H2,1-2H3,(H,15,22)(H,16,23)(H,17,21)(H,24,25). The summed E-state index contributed by atoms with van der Waals surface area (Å²) in [5.41, 5.74) is 5.29. The van der Waals surface area contributed by atoms with Gasteiger partial charge in [0, 0.05) is 0 Å². The normalized spacial score (nSPS) is 16.7. The Hall–Kier alpha value is -2.28. The Morgan fingerprint density at radius 3 is 1.88 bits per heavy atom.